The molecular weight excluding hydrogens is 324 g/mol. The van der Waals surface area contributed by atoms with E-state index in [0.29, 0.717) is 11.5 Å². The zero-order valence-electron chi connectivity index (χ0n) is 16.5. The van der Waals surface area contributed by atoms with Crippen LogP contribution < -0.4 is 10.6 Å². The minimum atomic E-state index is -0.132. The summed E-state index contributed by atoms with van der Waals surface area (Å²) in [6, 6.07) is 9.77. The number of benzene rings is 1. The van der Waals surface area contributed by atoms with Crippen molar-refractivity contribution >= 4 is 17.4 Å². The molecule has 0 aliphatic heterocycles. The summed E-state index contributed by atoms with van der Waals surface area (Å²) < 4.78 is 0. The minimum Gasteiger partial charge on any atom is -0.370 e. The van der Waals surface area contributed by atoms with Crippen LogP contribution in [0, 0.1) is 6.92 Å². The number of para-hydroxylation sites is 1. The second kappa shape index (κ2) is 9.34. The van der Waals surface area contributed by atoms with E-state index in [1.54, 1.807) is 6.20 Å². The highest BCUT2D eigenvalue weighted by Crippen LogP contribution is 2.27. The second-order valence-electron chi connectivity index (χ2n) is 7.16. The van der Waals surface area contributed by atoms with Gasteiger partial charge in [0.05, 0.1) is 5.56 Å². The molecule has 0 aliphatic rings. The van der Waals surface area contributed by atoms with Crippen LogP contribution in [0.2, 0.25) is 0 Å². The minimum absolute atomic E-state index is 0.132. The third kappa shape index (κ3) is 5.56. The van der Waals surface area contributed by atoms with E-state index in [1.807, 2.05) is 31.2 Å². The summed E-state index contributed by atoms with van der Waals surface area (Å²) in [5.41, 5.74) is 3.67. The Bertz CT molecular complexity index is 723. The van der Waals surface area contributed by atoms with Gasteiger partial charge in [0.15, 0.2) is 0 Å². The summed E-state index contributed by atoms with van der Waals surface area (Å²) in [6.07, 6.45) is 2.67. The van der Waals surface area contributed by atoms with E-state index in [9.17, 15) is 4.79 Å². The van der Waals surface area contributed by atoms with Crippen LogP contribution in [-0.2, 0) is 0 Å². The Balaban J connectivity index is 2.00. The number of anilines is 2. The van der Waals surface area contributed by atoms with Gasteiger partial charge >= 0.3 is 0 Å². The topological polar surface area (TPSA) is 57.3 Å². The van der Waals surface area contributed by atoms with Crippen molar-refractivity contribution in [3.8, 4) is 0 Å². The van der Waals surface area contributed by atoms with Gasteiger partial charge in [0.2, 0.25) is 0 Å². The maximum atomic E-state index is 12.6. The highest BCUT2D eigenvalue weighted by molar-refractivity contribution is 6.05. The van der Waals surface area contributed by atoms with Crippen LogP contribution in [0.25, 0.3) is 0 Å². The Morgan fingerprint density at radius 2 is 1.96 bits per heavy atom. The number of carbonyl (C=O) groups excluding carboxylic acids is 1. The molecule has 2 aromatic rings. The normalized spacial score (nSPS) is 11.0. The molecule has 1 heterocycles. The molecule has 5 nitrogen and oxygen atoms in total. The molecule has 0 atom stereocenters. The van der Waals surface area contributed by atoms with E-state index in [4.69, 9.17) is 0 Å². The van der Waals surface area contributed by atoms with Crippen LogP contribution in [0.3, 0.4) is 0 Å². The fourth-order valence-electron chi connectivity index (χ4n) is 2.77. The third-order valence-corrected chi connectivity index (χ3v) is 4.28. The SMILES string of the molecule is Cc1cccc(C(C)C)c1NC(=O)c1ccc(NCCCN(C)C)nc1. The monoisotopic (exact) mass is 354 g/mol. The highest BCUT2D eigenvalue weighted by Gasteiger charge is 2.13. The Labute approximate surface area is 156 Å². The molecule has 2 rings (SSSR count). The second-order valence-corrected chi connectivity index (χ2v) is 7.16. The molecule has 1 aromatic carbocycles. The number of pyridine rings is 1. The first-order chi connectivity index (χ1) is 12.4. The number of hydrogen-bond donors (Lipinski definition) is 2. The fourth-order valence-corrected chi connectivity index (χ4v) is 2.77. The van der Waals surface area contributed by atoms with Crippen molar-refractivity contribution in [1.29, 1.82) is 0 Å². The molecular formula is C21H30N4O. The van der Waals surface area contributed by atoms with E-state index in [2.05, 4.69) is 54.5 Å². The van der Waals surface area contributed by atoms with Gasteiger partial charge < -0.3 is 15.5 Å². The third-order valence-electron chi connectivity index (χ3n) is 4.28. The molecule has 5 heteroatoms. The van der Waals surface area contributed by atoms with E-state index in [0.717, 1.165) is 42.1 Å². The largest absolute Gasteiger partial charge is 0.370 e. The Morgan fingerprint density at radius 3 is 2.58 bits per heavy atom. The molecule has 140 valence electrons. The summed E-state index contributed by atoms with van der Waals surface area (Å²) >= 11 is 0. The van der Waals surface area contributed by atoms with Crippen molar-refractivity contribution in [2.24, 2.45) is 0 Å². The molecule has 0 fully saturated rings. The molecule has 1 aromatic heterocycles. The van der Waals surface area contributed by atoms with Gasteiger partial charge in [0.1, 0.15) is 5.82 Å². The number of amides is 1. The number of rotatable bonds is 8. The van der Waals surface area contributed by atoms with Crippen LogP contribution >= 0.6 is 0 Å². The molecule has 0 saturated carbocycles. The maximum Gasteiger partial charge on any atom is 0.257 e. The van der Waals surface area contributed by atoms with Gasteiger partial charge in [-0.1, -0.05) is 32.0 Å². The molecule has 0 spiro atoms. The van der Waals surface area contributed by atoms with Gasteiger partial charge in [-0.2, -0.15) is 0 Å². The molecule has 0 bridgehead atoms. The van der Waals surface area contributed by atoms with Crippen molar-refractivity contribution in [1.82, 2.24) is 9.88 Å². The number of nitrogens with zero attached hydrogens (tertiary/aromatic N) is 2. The smallest absolute Gasteiger partial charge is 0.257 e. The summed E-state index contributed by atoms with van der Waals surface area (Å²) in [4.78, 5) is 19.1. The van der Waals surface area contributed by atoms with Crippen LogP contribution in [-0.4, -0.2) is 43.0 Å². The molecule has 0 unspecified atom stereocenters. The molecule has 2 N–H and O–H groups in total. The van der Waals surface area contributed by atoms with Gasteiger partial charge in [0.25, 0.3) is 5.91 Å². The zero-order valence-corrected chi connectivity index (χ0v) is 16.5. The predicted octanol–water partition coefficient (Wildman–Crippen LogP) is 4.13. The lowest BCUT2D eigenvalue weighted by molar-refractivity contribution is 0.102. The van der Waals surface area contributed by atoms with Crippen molar-refractivity contribution in [2.75, 3.05) is 37.8 Å². The van der Waals surface area contributed by atoms with Gasteiger partial charge in [-0.15, -0.1) is 0 Å². The molecule has 0 radical (unpaired) electrons. The molecule has 0 saturated heterocycles. The average Bonchev–Trinajstić information content (AvgIpc) is 2.60. The summed E-state index contributed by atoms with van der Waals surface area (Å²) in [5.74, 6) is 1.00. The average molecular weight is 354 g/mol. The van der Waals surface area contributed by atoms with Crippen molar-refractivity contribution < 1.29 is 4.79 Å². The standard InChI is InChI=1S/C21H30N4O/c1-15(2)18-9-6-8-16(3)20(18)24-21(26)17-10-11-19(23-14-17)22-12-7-13-25(4)5/h6,8-11,14-15H,7,12-13H2,1-5H3,(H,22,23)(H,24,26). The van der Waals surface area contributed by atoms with E-state index >= 15 is 0 Å². The van der Waals surface area contributed by atoms with E-state index in [-0.39, 0.29) is 5.91 Å². The van der Waals surface area contributed by atoms with Gasteiger partial charge in [0, 0.05) is 18.4 Å². The summed E-state index contributed by atoms with van der Waals surface area (Å²) in [7, 11) is 4.12. The van der Waals surface area contributed by atoms with Gasteiger partial charge in [-0.05, 0) is 63.2 Å². The van der Waals surface area contributed by atoms with Crippen LogP contribution in [0.4, 0.5) is 11.5 Å². The van der Waals surface area contributed by atoms with Gasteiger partial charge in [-0.3, -0.25) is 4.79 Å². The number of nitrogens with one attached hydrogen (secondary N) is 2. The molecule has 0 aliphatic carbocycles. The maximum absolute atomic E-state index is 12.6. The number of carbonyl (C=O) groups is 1. The van der Waals surface area contributed by atoms with Gasteiger partial charge in [-0.25, -0.2) is 4.98 Å². The van der Waals surface area contributed by atoms with Crippen LogP contribution in [0.1, 0.15) is 47.7 Å². The van der Waals surface area contributed by atoms with Crippen LogP contribution in [0.5, 0.6) is 0 Å². The molecule has 26 heavy (non-hydrogen) atoms. The highest BCUT2D eigenvalue weighted by atomic mass is 16.1. The van der Waals surface area contributed by atoms with E-state index < -0.39 is 0 Å². The lowest BCUT2D eigenvalue weighted by Gasteiger charge is -2.16. The summed E-state index contributed by atoms with van der Waals surface area (Å²) in [6.45, 7) is 8.16. The van der Waals surface area contributed by atoms with Crippen molar-refractivity contribution in [2.45, 2.75) is 33.1 Å². The number of aryl methyl sites for hydroxylation is 1. The summed E-state index contributed by atoms with van der Waals surface area (Å²) in [5, 5.41) is 6.34. The zero-order chi connectivity index (χ0) is 19.1. The fraction of sp³-hybridized carbons (Fsp3) is 0.429. The first-order valence-electron chi connectivity index (χ1n) is 9.14. The Morgan fingerprint density at radius 1 is 1.19 bits per heavy atom. The van der Waals surface area contributed by atoms with Crippen LogP contribution in [0.15, 0.2) is 36.5 Å². The Kier molecular flexibility index (Phi) is 7.16. The van der Waals surface area contributed by atoms with Crippen molar-refractivity contribution in [3.05, 3.63) is 53.2 Å². The van der Waals surface area contributed by atoms with E-state index in [1.165, 1.54) is 0 Å². The lowest BCUT2D eigenvalue weighted by atomic mass is 9.98. The number of hydrogen-bond acceptors (Lipinski definition) is 4. The number of aromatic nitrogens is 1. The molecule has 1 amide bonds. The predicted molar refractivity (Wildman–Crippen MR) is 109 cm³/mol. The quantitative estimate of drug-likeness (QED) is 0.700. The first-order valence-corrected chi connectivity index (χ1v) is 9.14. The Hall–Kier alpha value is -2.40. The van der Waals surface area contributed by atoms with Crippen molar-refractivity contribution in [3.63, 3.8) is 0 Å². The lowest BCUT2D eigenvalue weighted by Crippen LogP contribution is -2.17. The first kappa shape index (κ1) is 19.9.